The van der Waals surface area contributed by atoms with Crippen molar-refractivity contribution in [2.24, 2.45) is 5.92 Å². The Morgan fingerprint density at radius 3 is 2.62 bits per heavy atom. The molecule has 1 aliphatic heterocycles. The van der Waals surface area contributed by atoms with Crippen LogP contribution in [0.2, 0.25) is 0 Å². The molecule has 3 heteroatoms. The number of rotatable bonds is 4. The summed E-state index contributed by atoms with van der Waals surface area (Å²) in [7, 11) is 0. The molecule has 0 radical (unpaired) electrons. The lowest BCUT2D eigenvalue weighted by Crippen LogP contribution is -2.49. The maximum Gasteiger partial charge on any atom is 0.223 e. The minimum atomic E-state index is -0.0740. The molecule has 1 unspecified atom stereocenters. The van der Waals surface area contributed by atoms with E-state index in [9.17, 15) is 4.79 Å². The molecule has 2 rings (SSSR count). The summed E-state index contributed by atoms with van der Waals surface area (Å²) in [5.41, 5.74) is 1.19. The summed E-state index contributed by atoms with van der Waals surface area (Å²) in [6, 6.07) is 11.0. The van der Waals surface area contributed by atoms with Gasteiger partial charge in [0.1, 0.15) is 0 Å². The fourth-order valence-corrected chi connectivity index (χ4v) is 3.00. The van der Waals surface area contributed by atoms with Crippen LogP contribution in [0.5, 0.6) is 0 Å². The largest absolute Gasteiger partial charge is 0.353 e. The van der Waals surface area contributed by atoms with Gasteiger partial charge in [-0.25, -0.2) is 0 Å². The average molecular weight is 288 g/mol. The van der Waals surface area contributed by atoms with Gasteiger partial charge in [0, 0.05) is 23.4 Å². The second-order valence-electron chi connectivity index (χ2n) is 6.89. The van der Waals surface area contributed by atoms with E-state index >= 15 is 0 Å². The molecule has 116 valence electrons. The number of carbonyl (C=O) groups is 1. The zero-order valence-corrected chi connectivity index (χ0v) is 13.6. The van der Waals surface area contributed by atoms with Crippen molar-refractivity contribution in [3.05, 3.63) is 35.9 Å². The number of piperidine rings is 1. The molecule has 1 amide bonds. The van der Waals surface area contributed by atoms with Gasteiger partial charge < -0.3 is 10.6 Å². The van der Waals surface area contributed by atoms with Crippen molar-refractivity contribution in [3.63, 3.8) is 0 Å². The van der Waals surface area contributed by atoms with E-state index in [0.29, 0.717) is 6.04 Å². The van der Waals surface area contributed by atoms with Gasteiger partial charge in [-0.3, -0.25) is 4.79 Å². The van der Waals surface area contributed by atoms with Gasteiger partial charge in [-0.15, -0.1) is 0 Å². The van der Waals surface area contributed by atoms with Crippen LogP contribution in [0.1, 0.15) is 46.1 Å². The molecule has 1 saturated heterocycles. The zero-order chi connectivity index (χ0) is 15.5. The summed E-state index contributed by atoms with van der Waals surface area (Å²) in [5.74, 6) is 0.357. The van der Waals surface area contributed by atoms with E-state index in [1.165, 1.54) is 5.56 Å². The van der Waals surface area contributed by atoms with Gasteiger partial charge in [0.2, 0.25) is 5.91 Å². The smallest absolute Gasteiger partial charge is 0.223 e. The van der Waals surface area contributed by atoms with E-state index < -0.39 is 0 Å². The van der Waals surface area contributed by atoms with Crippen molar-refractivity contribution in [2.75, 3.05) is 6.54 Å². The van der Waals surface area contributed by atoms with Crippen LogP contribution in [0, 0.1) is 5.92 Å². The Balaban J connectivity index is 2.00. The van der Waals surface area contributed by atoms with Crippen molar-refractivity contribution >= 4 is 5.91 Å². The predicted molar refractivity (Wildman–Crippen MR) is 87.3 cm³/mol. The summed E-state index contributed by atoms with van der Waals surface area (Å²) in [4.78, 5) is 12.5. The Labute approximate surface area is 128 Å². The molecule has 1 aliphatic rings. The van der Waals surface area contributed by atoms with Crippen LogP contribution in [0.25, 0.3) is 0 Å². The quantitative estimate of drug-likeness (QED) is 0.894. The van der Waals surface area contributed by atoms with Crippen molar-refractivity contribution in [3.8, 4) is 0 Å². The lowest BCUT2D eigenvalue weighted by molar-refractivity contribution is -0.127. The average Bonchev–Trinajstić information content (AvgIpc) is 2.48. The SMILES string of the molecule is CC(NC(=O)[C@H]1CCN[C@@H](C)C1)C(C)(C)c1ccccc1. The van der Waals surface area contributed by atoms with Crippen LogP contribution in [-0.2, 0) is 10.2 Å². The first-order valence-electron chi connectivity index (χ1n) is 8.00. The van der Waals surface area contributed by atoms with Crippen LogP contribution < -0.4 is 10.6 Å². The molecule has 3 nitrogen and oxygen atoms in total. The Bertz CT molecular complexity index is 469. The minimum absolute atomic E-state index is 0.0740. The highest BCUT2D eigenvalue weighted by Gasteiger charge is 2.32. The number of hydrogen-bond donors (Lipinski definition) is 2. The van der Waals surface area contributed by atoms with Gasteiger partial charge in [0.05, 0.1) is 0 Å². The third-order valence-electron chi connectivity index (χ3n) is 4.95. The molecule has 21 heavy (non-hydrogen) atoms. The van der Waals surface area contributed by atoms with E-state index in [0.717, 1.165) is 19.4 Å². The molecule has 0 aromatic heterocycles. The predicted octanol–water partition coefficient (Wildman–Crippen LogP) is 2.86. The second-order valence-corrected chi connectivity index (χ2v) is 6.89. The van der Waals surface area contributed by atoms with Gasteiger partial charge in [-0.05, 0) is 38.8 Å². The molecular formula is C18H28N2O. The lowest BCUT2D eigenvalue weighted by Gasteiger charge is -2.35. The van der Waals surface area contributed by atoms with Crippen LogP contribution >= 0.6 is 0 Å². The van der Waals surface area contributed by atoms with Crippen LogP contribution in [0.3, 0.4) is 0 Å². The Hall–Kier alpha value is -1.35. The maximum absolute atomic E-state index is 12.5. The van der Waals surface area contributed by atoms with E-state index in [4.69, 9.17) is 0 Å². The maximum atomic E-state index is 12.5. The molecule has 1 heterocycles. The highest BCUT2D eigenvalue weighted by atomic mass is 16.1. The van der Waals surface area contributed by atoms with Crippen molar-refractivity contribution in [1.29, 1.82) is 0 Å². The molecule has 3 atom stereocenters. The molecule has 2 N–H and O–H groups in total. The molecule has 0 saturated carbocycles. The minimum Gasteiger partial charge on any atom is -0.353 e. The normalized spacial score (nSPS) is 24.4. The van der Waals surface area contributed by atoms with Gasteiger partial charge >= 0.3 is 0 Å². The number of benzene rings is 1. The first-order chi connectivity index (χ1) is 9.91. The lowest BCUT2D eigenvalue weighted by atomic mass is 9.78. The van der Waals surface area contributed by atoms with Crippen molar-refractivity contribution in [2.45, 2.75) is 58.0 Å². The van der Waals surface area contributed by atoms with Crippen molar-refractivity contribution < 1.29 is 4.79 Å². The van der Waals surface area contributed by atoms with E-state index in [2.05, 4.69) is 62.6 Å². The topological polar surface area (TPSA) is 41.1 Å². The van der Waals surface area contributed by atoms with Gasteiger partial charge in [-0.1, -0.05) is 44.2 Å². The summed E-state index contributed by atoms with van der Waals surface area (Å²) in [6.07, 6.45) is 1.87. The fraction of sp³-hybridized carbons (Fsp3) is 0.611. The first-order valence-corrected chi connectivity index (χ1v) is 8.00. The number of amides is 1. The van der Waals surface area contributed by atoms with E-state index in [-0.39, 0.29) is 23.3 Å². The van der Waals surface area contributed by atoms with Crippen LogP contribution in [0.4, 0.5) is 0 Å². The number of hydrogen-bond acceptors (Lipinski definition) is 2. The summed E-state index contributed by atoms with van der Waals surface area (Å²) in [6.45, 7) is 9.58. The second kappa shape index (κ2) is 6.61. The molecule has 0 aliphatic carbocycles. The number of carbonyl (C=O) groups excluding carboxylic acids is 1. The summed E-state index contributed by atoms with van der Waals surface area (Å²) < 4.78 is 0. The summed E-state index contributed by atoms with van der Waals surface area (Å²) >= 11 is 0. The summed E-state index contributed by atoms with van der Waals surface area (Å²) in [5, 5.41) is 6.64. The Kier molecular flexibility index (Phi) is 5.04. The Morgan fingerprint density at radius 1 is 1.33 bits per heavy atom. The van der Waals surface area contributed by atoms with Gasteiger partial charge in [-0.2, -0.15) is 0 Å². The number of nitrogens with one attached hydrogen (secondary N) is 2. The molecule has 1 fully saturated rings. The molecule has 1 aromatic rings. The molecule has 0 bridgehead atoms. The molecular weight excluding hydrogens is 260 g/mol. The first kappa shape index (κ1) is 16.0. The molecule has 0 spiro atoms. The highest BCUT2D eigenvalue weighted by molar-refractivity contribution is 5.79. The zero-order valence-electron chi connectivity index (χ0n) is 13.6. The van der Waals surface area contributed by atoms with Crippen molar-refractivity contribution in [1.82, 2.24) is 10.6 Å². The fourth-order valence-electron chi connectivity index (χ4n) is 3.00. The van der Waals surface area contributed by atoms with Crippen LogP contribution in [0.15, 0.2) is 30.3 Å². The van der Waals surface area contributed by atoms with Gasteiger partial charge in [0.25, 0.3) is 0 Å². The monoisotopic (exact) mass is 288 g/mol. The molecule has 1 aromatic carbocycles. The van der Waals surface area contributed by atoms with Crippen LogP contribution in [-0.4, -0.2) is 24.5 Å². The van der Waals surface area contributed by atoms with E-state index in [1.807, 2.05) is 6.07 Å². The van der Waals surface area contributed by atoms with Gasteiger partial charge in [0.15, 0.2) is 0 Å². The third-order valence-corrected chi connectivity index (χ3v) is 4.95. The third kappa shape index (κ3) is 3.85. The highest BCUT2D eigenvalue weighted by Crippen LogP contribution is 2.27. The Morgan fingerprint density at radius 2 is 2.00 bits per heavy atom. The van der Waals surface area contributed by atoms with E-state index in [1.54, 1.807) is 0 Å². The standard InChI is InChI=1S/C18H28N2O/c1-13-12-15(10-11-19-13)17(21)20-14(2)18(3,4)16-8-6-5-7-9-16/h5-9,13-15,19H,10-12H2,1-4H3,(H,20,21)/t13-,14?,15-/m0/s1.